The van der Waals surface area contributed by atoms with Crippen molar-refractivity contribution < 1.29 is 4.74 Å². The average Bonchev–Trinajstić information content (AvgIpc) is 2.69. The first-order chi connectivity index (χ1) is 7.58. The fourth-order valence-electron chi connectivity index (χ4n) is 2.94. The molecule has 2 atom stereocenters. The van der Waals surface area contributed by atoms with E-state index in [0.717, 1.165) is 25.9 Å². The summed E-state index contributed by atoms with van der Waals surface area (Å²) < 4.78 is 5.78. The summed E-state index contributed by atoms with van der Waals surface area (Å²) in [5, 5.41) is 0. The highest BCUT2D eigenvalue weighted by Crippen LogP contribution is 2.42. The molecular formula is C13H20N2O. The van der Waals surface area contributed by atoms with Crippen molar-refractivity contribution in [1.82, 2.24) is 4.90 Å². The van der Waals surface area contributed by atoms with Gasteiger partial charge >= 0.3 is 0 Å². The molecule has 3 nitrogen and oxygen atoms in total. The van der Waals surface area contributed by atoms with Crippen molar-refractivity contribution in [2.75, 3.05) is 19.7 Å². The number of hydrogen-bond donors (Lipinski definition) is 0. The van der Waals surface area contributed by atoms with Gasteiger partial charge in [0.05, 0.1) is 12.7 Å². The van der Waals surface area contributed by atoms with Crippen LogP contribution in [0.4, 0.5) is 0 Å². The first kappa shape index (κ1) is 11.6. The van der Waals surface area contributed by atoms with Crippen LogP contribution in [0.5, 0.6) is 0 Å². The summed E-state index contributed by atoms with van der Waals surface area (Å²) in [5.74, 6) is 0. The molecule has 0 bridgehead atoms. The van der Waals surface area contributed by atoms with Gasteiger partial charge in [0.25, 0.3) is 0 Å². The highest BCUT2D eigenvalue weighted by atomic mass is 16.5. The van der Waals surface area contributed by atoms with E-state index in [-0.39, 0.29) is 17.7 Å². The lowest BCUT2D eigenvalue weighted by molar-refractivity contribution is 0.00145. The zero-order valence-electron chi connectivity index (χ0n) is 10.2. The Labute approximate surface area is 97.9 Å². The molecule has 0 aromatic carbocycles. The Morgan fingerprint density at radius 1 is 1.69 bits per heavy atom. The van der Waals surface area contributed by atoms with Crippen LogP contribution in [0.2, 0.25) is 0 Å². The number of ether oxygens (including phenoxy) is 1. The molecule has 0 amide bonds. The molecule has 2 aliphatic heterocycles. The Balaban J connectivity index is 2.17. The molecule has 2 saturated heterocycles. The second-order valence-electron chi connectivity index (χ2n) is 5.25. The molecule has 0 aromatic rings. The smallest absolute Gasteiger partial charge is 0.245 e. The largest absolute Gasteiger partial charge is 0.377 e. The van der Waals surface area contributed by atoms with Crippen LogP contribution in [0, 0.1) is 6.57 Å². The van der Waals surface area contributed by atoms with E-state index in [0.29, 0.717) is 6.61 Å². The normalized spacial score (nSPS) is 34.4. The first-order valence-corrected chi connectivity index (χ1v) is 5.98. The van der Waals surface area contributed by atoms with Gasteiger partial charge < -0.3 is 9.58 Å². The number of fused-ring (bicyclic) bond motifs is 1. The molecule has 0 spiro atoms. The lowest BCUT2D eigenvalue weighted by atomic mass is 9.89. The predicted molar refractivity (Wildman–Crippen MR) is 64.2 cm³/mol. The van der Waals surface area contributed by atoms with Crippen molar-refractivity contribution >= 4 is 0 Å². The second-order valence-corrected chi connectivity index (χ2v) is 5.25. The molecule has 2 fully saturated rings. The summed E-state index contributed by atoms with van der Waals surface area (Å²) in [4.78, 5) is 6.21. The van der Waals surface area contributed by atoms with Gasteiger partial charge in [0, 0.05) is 19.5 Å². The van der Waals surface area contributed by atoms with Crippen LogP contribution in [-0.4, -0.2) is 42.3 Å². The van der Waals surface area contributed by atoms with Gasteiger partial charge in [-0.1, -0.05) is 12.2 Å². The number of nitrogens with zero attached hydrogens (tertiary/aromatic N) is 2. The summed E-state index contributed by atoms with van der Waals surface area (Å²) in [5.41, 5.74) is 1.18. The Kier molecular flexibility index (Phi) is 3.05. The molecule has 16 heavy (non-hydrogen) atoms. The predicted octanol–water partition coefficient (Wildman–Crippen LogP) is 2.10. The highest BCUT2D eigenvalue weighted by molar-refractivity contribution is 5.24. The van der Waals surface area contributed by atoms with E-state index >= 15 is 0 Å². The average molecular weight is 220 g/mol. The van der Waals surface area contributed by atoms with Gasteiger partial charge in [-0.15, -0.1) is 0 Å². The molecule has 0 saturated carbocycles. The van der Waals surface area contributed by atoms with Crippen LogP contribution in [0.1, 0.15) is 26.7 Å². The van der Waals surface area contributed by atoms with Gasteiger partial charge in [0.1, 0.15) is 5.54 Å². The monoisotopic (exact) mass is 220 g/mol. The minimum absolute atomic E-state index is 0.0664. The van der Waals surface area contributed by atoms with Crippen molar-refractivity contribution in [2.24, 2.45) is 0 Å². The summed E-state index contributed by atoms with van der Waals surface area (Å²) in [6, 6.07) is 0.0884. The Morgan fingerprint density at radius 2 is 2.44 bits per heavy atom. The van der Waals surface area contributed by atoms with E-state index in [1.807, 2.05) is 13.8 Å². The third-order valence-electron chi connectivity index (χ3n) is 3.72. The van der Waals surface area contributed by atoms with Crippen molar-refractivity contribution in [3.05, 3.63) is 23.6 Å². The number of rotatable bonds is 3. The van der Waals surface area contributed by atoms with E-state index < -0.39 is 0 Å². The summed E-state index contributed by atoms with van der Waals surface area (Å²) in [6.07, 6.45) is 2.16. The fraction of sp³-hybridized carbons (Fsp3) is 0.769. The third-order valence-corrected chi connectivity index (χ3v) is 3.72. The molecule has 2 aliphatic rings. The molecule has 2 rings (SSSR count). The molecule has 0 N–H and O–H groups in total. The lowest BCUT2D eigenvalue weighted by Gasteiger charge is -2.31. The molecule has 3 heteroatoms. The van der Waals surface area contributed by atoms with Gasteiger partial charge in [-0.25, -0.2) is 6.57 Å². The summed E-state index contributed by atoms with van der Waals surface area (Å²) in [6.45, 7) is 18.2. The molecule has 2 heterocycles. The Morgan fingerprint density at radius 3 is 3.06 bits per heavy atom. The summed E-state index contributed by atoms with van der Waals surface area (Å²) in [7, 11) is 0. The van der Waals surface area contributed by atoms with Crippen molar-refractivity contribution in [3.8, 4) is 0 Å². The maximum atomic E-state index is 7.34. The van der Waals surface area contributed by atoms with Crippen LogP contribution in [0.25, 0.3) is 4.85 Å². The zero-order chi connectivity index (χ0) is 11.8. The van der Waals surface area contributed by atoms with E-state index in [2.05, 4.69) is 16.3 Å². The van der Waals surface area contributed by atoms with E-state index in [4.69, 9.17) is 11.3 Å². The van der Waals surface area contributed by atoms with Crippen LogP contribution >= 0.6 is 0 Å². The lowest BCUT2D eigenvalue weighted by Crippen LogP contribution is -2.49. The summed E-state index contributed by atoms with van der Waals surface area (Å²) >= 11 is 0. The van der Waals surface area contributed by atoms with E-state index in [1.54, 1.807) is 0 Å². The zero-order valence-corrected chi connectivity index (χ0v) is 10.2. The van der Waals surface area contributed by atoms with Crippen LogP contribution in [0.15, 0.2) is 12.2 Å². The Bertz CT molecular complexity index is 331. The fourth-order valence-corrected chi connectivity index (χ4v) is 2.94. The van der Waals surface area contributed by atoms with Gasteiger partial charge in [-0.05, 0) is 20.3 Å². The number of hydrogen-bond acceptors (Lipinski definition) is 2. The SMILES string of the molecule is [C-]#[N+][C@H]1CCN2CC(=C)C[C@]12COC(C)C. The molecule has 0 aliphatic carbocycles. The minimum Gasteiger partial charge on any atom is -0.377 e. The van der Waals surface area contributed by atoms with Crippen molar-refractivity contribution in [3.63, 3.8) is 0 Å². The van der Waals surface area contributed by atoms with Gasteiger partial charge in [-0.2, -0.15) is 0 Å². The quantitative estimate of drug-likeness (QED) is 0.535. The van der Waals surface area contributed by atoms with Crippen LogP contribution in [0.3, 0.4) is 0 Å². The topological polar surface area (TPSA) is 16.8 Å². The molecule has 0 aromatic heterocycles. The van der Waals surface area contributed by atoms with E-state index in [9.17, 15) is 0 Å². The molecular weight excluding hydrogens is 200 g/mol. The second kappa shape index (κ2) is 4.20. The Hall–Kier alpha value is -0.850. The standard InChI is InChI=1S/C13H20N2O/c1-10(2)16-9-13-7-11(3)8-15(13)6-5-12(13)14-4/h10,12H,3,5-9H2,1-2H3/t12-,13-/m0/s1. The van der Waals surface area contributed by atoms with Gasteiger partial charge in [0.15, 0.2) is 0 Å². The van der Waals surface area contributed by atoms with Crippen LogP contribution < -0.4 is 0 Å². The first-order valence-electron chi connectivity index (χ1n) is 5.98. The van der Waals surface area contributed by atoms with Crippen molar-refractivity contribution in [1.29, 1.82) is 0 Å². The highest BCUT2D eigenvalue weighted by Gasteiger charge is 2.57. The third kappa shape index (κ3) is 1.77. The van der Waals surface area contributed by atoms with Crippen LogP contribution in [-0.2, 0) is 4.74 Å². The molecule has 88 valence electrons. The molecule has 0 unspecified atom stereocenters. The maximum Gasteiger partial charge on any atom is 0.245 e. The molecule has 0 radical (unpaired) electrons. The van der Waals surface area contributed by atoms with E-state index in [1.165, 1.54) is 5.57 Å². The maximum absolute atomic E-state index is 7.34. The van der Waals surface area contributed by atoms with Crippen molar-refractivity contribution in [2.45, 2.75) is 44.4 Å². The van der Waals surface area contributed by atoms with Gasteiger partial charge in [-0.3, -0.25) is 4.90 Å². The minimum atomic E-state index is -0.0664. The van der Waals surface area contributed by atoms with Gasteiger partial charge in [0.2, 0.25) is 6.04 Å².